The van der Waals surface area contributed by atoms with Crippen LogP contribution in [-0.4, -0.2) is 11.8 Å². The maximum Gasteiger partial charge on any atom is 0.339 e. The molecule has 4 heteroatoms. The van der Waals surface area contributed by atoms with Gasteiger partial charge in [-0.3, -0.25) is 4.79 Å². The van der Waals surface area contributed by atoms with Gasteiger partial charge in [0, 0.05) is 15.6 Å². The van der Waals surface area contributed by atoms with E-state index in [0.717, 1.165) is 10.0 Å². The van der Waals surface area contributed by atoms with Crippen LogP contribution in [0.5, 0.6) is 0 Å². The van der Waals surface area contributed by atoms with Crippen LogP contribution >= 0.6 is 15.9 Å². The summed E-state index contributed by atoms with van der Waals surface area (Å²) in [4.78, 5) is 25.1. The molecule has 0 aliphatic heterocycles. The number of hydrogen-bond acceptors (Lipinski definition) is 3. The van der Waals surface area contributed by atoms with Crippen molar-refractivity contribution in [2.45, 2.75) is 6.61 Å². The molecule has 0 spiro atoms. The molecule has 0 fully saturated rings. The lowest BCUT2D eigenvalue weighted by Gasteiger charge is -2.09. The minimum absolute atomic E-state index is 0.145. The van der Waals surface area contributed by atoms with Gasteiger partial charge in [-0.1, -0.05) is 76.6 Å². The predicted molar refractivity (Wildman–Crippen MR) is 99.6 cm³/mol. The molecule has 0 aliphatic rings. The first-order valence-corrected chi connectivity index (χ1v) is 8.55. The van der Waals surface area contributed by atoms with Gasteiger partial charge in [0.05, 0.1) is 5.56 Å². The number of benzene rings is 3. The normalized spacial score (nSPS) is 10.3. The van der Waals surface area contributed by atoms with E-state index in [1.165, 1.54) is 0 Å². The van der Waals surface area contributed by atoms with Crippen LogP contribution in [0.1, 0.15) is 31.8 Å². The van der Waals surface area contributed by atoms with Crippen molar-refractivity contribution in [1.82, 2.24) is 0 Å². The highest BCUT2D eigenvalue weighted by molar-refractivity contribution is 9.10. The van der Waals surface area contributed by atoms with Gasteiger partial charge < -0.3 is 4.74 Å². The molecule has 0 saturated carbocycles. The molecule has 0 saturated heterocycles. The number of ether oxygens (including phenoxy) is 1. The third kappa shape index (κ3) is 4.22. The number of carbonyl (C=O) groups is 2. The quantitative estimate of drug-likeness (QED) is 0.449. The van der Waals surface area contributed by atoms with Crippen molar-refractivity contribution in [3.05, 3.63) is 106 Å². The molecule has 0 heterocycles. The maximum absolute atomic E-state index is 12.7. The van der Waals surface area contributed by atoms with E-state index in [4.69, 9.17) is 4.74 Å². The average molecular weight is 395 g/mol. The first kappa shape index (κ1) is 17.1. The average Bonchev–Trinajstić information content (AvgIpc) is 2.66. The summed E-state index contributed by atoms with van der Waals surface area (Å²) in [7, 11) is 0. The van der Waals surface area contributed by atoms with Gasteiger partial charge in [-0.25, -0.2) is 4.79 Å². The van der Waals surface area contributed by atoms with Crippen molar-refractivity contribution < 1.29 is 14.3 Å². The van der Waals surface area contributed by atoms with Crippen LogP contribution in [0.2, 0.25) is 0 Å². The number of carbonyl (C=O) groups excluding carboxylic acids is 2. The molecule has 3 aromatic carbocycles. The SMILES string of the molecule is O=C(OCc1cccc(Br)c1)c1ccccc1C(=O)c1ccccc1. The Bertz CT molecular complexity index is 904. The second-order valence-corrected chi connectivity index (χ2v) is 6.36. The third-order valence-electron chi connectivity index (χ3n) is 3.69. The third-order valence-corrected chi connectivity index (χ3v) is 4.18. The van der Waals surface area contributed by atoms with Crippen molar-refractivity contribution in [2.75, 3.05) is 0 Å². The van der Waals surface area contributed by atoms with Gasteiger partial charge in [0.15, 0.2) is 5.78 Å². The molecule has 0 unspecified atom stereocenters. The monoisotopic (exact) mass is 394 g/mol. The van der Waals surface area contributed by atoms with Crippen molar-refractivity contribution in [1.29, 1.82) is 0 Å². The first-order chi connectivity index (χ1) is 12.1. The second kappa shape index (κ2) is 7.90. The molecule has 0 aliphatic carbocycles. The Balaban J connectivity index is 1.80. The van der Waals surface area contributed by atoms with Crippen LogP contribution in [0.15, 0.2) is 83.3 Å². The van der Waals surface area contributed by atoms with Crippen LogP contribution in [0.25, 0.3) is 0 Å². The van der Waals surface area contributed by atoms with E-state index in [9.17, 15) is 9.59 Å². The molecule has 0 N–H and O–H groups in total. The summed E-state index contributed by atoms with van der Waals surface area (Å²) in [5.41, 5.74) is 2.02. The van der Waals surface area contributed by atoms with E-state index in [0.29, 0.717) is 11.1 Å². The molecule has 3 aromatic rings. The van der Waals surface area contributed by atoms with Gasteiger partial charge in [0.25, 0.3) is 0 Å². The molecule has 25 heavy (non-hydrogen) atoms. The number of halogens is 1. The van der Waals surface area contributed by atoms with E-state index in [1.807, 2.05) is 30.3 Å². The van der Waals surface area contributed by atoms with Crippen LogP contribution < -0.4 is 0 Å². The minimum Gasteiger partial charge on any atom is -0.457 e. The standard InChI is InChI=1S/C21H15BrO3/c22-17-10-6-7-15(13-17)14-25-21(24)19-12-5-4-11-18(19)20(23)16-8-2-1-3-9-16/h1-13H,14H2. The zero-order valence-corrected chi connectivity index (χ0v) is 14.9. The number of esters is 1. The highest BCUT2D eigenvalue weighted by Crippen LogP contribution is 2.17. The summed E-state index contributed by atoms with van der Waals surface area (Å²) >= 11 is 3.39. The smallest absolute Gasteiger partial charge is 0.339 e. The lowest BCUT2D eigenvalue weighted by atomic mass is 9.98. The first-order valence-electron chi connectivity index (χ1n) is 7.75. The van der Waals surface area contributed by atoms with E-state index >= 15 is 0 Å². The zero-order valence-electron chi connectivity index (χ0n) is 13.3. The lowest BCUT2D eigenvalue weighted by Crippen LogP contribution is -2.12. The zero-order chi connectivity index (χ0) is 17.6. The van der Waals surface area contributed by atoms with E-state index in [1.54, 1.807) is 48.5 Å². The fraction of sp³-hybridized carbons (Fsp3) is 0.0476. The summed E-state index contributed by atoms with van der Waals surface area (Å²) in [5, 5.41) is 0. The molecule has 3 nitrogen and oxygen atoms in total. The summed E-state index contributed by atoms with van der Waals surface area (Å²) in [6, 6.07) is 23.1. The Morgan fingerprint density at radius 3 is 2.20 bits per heavy atom. The molecule has 3 rings (SSSR count). The van der Waals surface area contributed by atoms with Gasteiger partial charge in [-0.15, -0.1) is 0 Å². The van der Waals surface area contributed by atoms with E-state index in [-0.39, 0.29) is 18.0 Å². The van der Waals surface area contributed by atoms with E-state index < -0.39 is 5.97 Å². The summed E-state index contributed by atoms with van der Waals surface area (Å²) in [5.74, 6) is -0.713. The number of ketones is 1. The van der Waals surface area contributed by atoms with Crippen molar-refractivity contribution in [3.8, 4) is 0 Å². The van der Waals surface area contributed by atoms with Crippen LogP contribution in [0, 0.1) is 0 Å². The molecule has 0 atom stereocenters. The fourth-order valence-corrected chi connectivity index (χ4v) is 2.90. The summed E-state index contributed by atoms with van der Waals surface area (Å²) in [6.07, 6.45) is 0. The Morgan fingerprint density at radius 2 is 1.48 bits per heavy atom. The highest BCUT2D eigenvalue weighted by atomic mass is 79.9. The molecule has 0 amide bonds. The van der Waals surface area contributed by atoms with Gasteiger partial charge in [0.1, 0.15) is 6.61 Å². The van der Waals surface area contributed by atoms with Crippen LogP contribution in [0.3, 0.4) is 0 Å². The molecular weight excluding hydrogens is 380 g/mol. The molecule has 0 bridgehead atoms. The Morgan fingerprint density at radius 1 is 0.800 bits per heavy atom. The fourth-order valence-electron chi connectivity index (χ4n) is 2.46. The summed E-state index contributed by atoms with van der Waals surface area (Å²) in [6.45, 7) is 0.145. The van der Waals surface area contributed by atoms with Gasteiger partial charge in [-0.2, -0.15) is 0 Å². The van der Waals surface area contributed by atoms with Crippen LogP contribution in [0.4, 0.5) is 0 Å². The molecular formula is C21H15BrO3. The van der Waals surface area contributed by atoms with Crippen LogP contribution in [-0.2, 0) is 11.3 Å². The minimum atomic E-state index is -0.514. The lowest BCUT2D eigenvalue weighted by molar-refractivity contribution is 0.0470. The Hall–Kier alpha value is -2.72. The van der Waals surface area contributed by atoms with E-state index in [2.05, 4.69) is 15.9 Å². The van der Waals surface area contributed by atoms with Crippen molar-refractivity contribution in [3.63, 3.8) is 0 Å². The number of hydrogen-bond donors (Lipinski definition) is 0. The maximum atomic E-state index is 12.7. The van der Waals surface area contributed by atoms with Crippen molar-refractivity contribution in [2.24, 2.45) is 0 Å². The molecule has 0 aromatic heterocycles. The second-order valence-electron chi connectivity index (χ2n) is 5.45. The van der Waals surface area contributed by atoms with Gasteiger partial charge >= 0.3 is 5.97 Å². The molecule has 124 valence electrons. The highest BCUT2D eigenvalue weighted by Gasteiger charge is 2.19. The number of rotatable bonds is 5. The topological polar surface area (TPSA) is 43.4 Å². The van der Waals surface area contributed by atoms with Gasteiger partial charge in [0.2, 0.25) is 0 Å². The van der Waals surface area contributed by atoms with Crippen molar-refractivity contribution >= 4 is 27.7 Å². The Kier molecular flexibility index (Phi) is 5.41. The summed E-state index contributed by atoms with van der Waals surface area (Å²) < 4.78 is 6.30. The van der Waals surface area contributed by atoms with Gasteiger partial charge in [-0.05, 0) is 23.8 Å². The predicted octanol–water partition coefficient (Wildman–Crippen LogP) is 5.04. The largest absolute Gasteiger partial charge is 0.457 e. The Labute approximate surface area is 154 Å². The molecule has 0 radical (unpaired) electrons.